The van der Waals surface area contributed by atoms with Crippen molar-refractivity contribution in [1.29, 1.82) is 0 Å². The highest BCUT2D eigenvalue weighted by Gasteiger charge is 2.27. The Morgan fingerprint density at radius 1 is 1.08 bits per heavy atom. The molecule has 8 heteroatoms. The van der Waals surface area contributed by atoms with E-state index in [-0.39, 0.29) is 21.3 Å². The number of sulfone groups is 2. The van der Waals surface area contributed by atoms with Crippen molar-refractivity contribution in [2.45, 2.75) is 34.3 Å². The quantitative estimate of drug-likeness (QED) is 0.762. The first-order chi connectivity index (χ1) is 11.6. The van der Waals surface area contributed by atoms with E-state index in [0.717, 1.165) is 24.7 Å². The molecule has 5 nitrogen and oxygen atoms in total. The van der Waals surface area contributed by atoms with Gasteiger partial charge in [0.2, 0.25) is 0 Å². The number of phenols is 1. The van der Waals surface area contributed by atoms with Gasteiger partial charge in [0.1, 0.15) is 10.6 Å². The molecule has 0 atom stereocenters. The predicted octanol–water partition coefficient (Wildman–Crippen LogP) is 3.41. The van der Waals surface area contributed by atoms with Gasteiger partial charge in [0.05, 0.1) is 10.6 Å². The van der Waals surface area contributed by atoms with Crippen LogP contribution in [0, 0.1) is 0 Å². The molecule has 2 aromatic carbocycles. The van der Waals surface area contributed by atoms with Crippen LogP contribution in [0.5, 0.6) is 5.75 Å². The molecule has 1 fully saturated rings. The summed E-state index contributed by atoms with van der Waals surface area (Å²) in [6.45, 7) is 0. The van der Waals surface area contributed by atoms with Crippen molar-refractivity contribution in [3.63, 3.8) is 0 Å². The van der Waals surface area contributed by atoms with Gasteiger partial charge in [0.15, 0.2) is 19.7 Å². The van der Waals surface area contributed by atoms with Crippen molar-refractivity contribution >= 4 is 35.6 Å². The molecule has 0 unspecified atom stereocenters. The highest BCUT2D eigenvalue weighted by molar-refractivity contribution is 9.10. The monoisotopic (exact) mass is 444 g/mol. The summed E-state index contributed by atoms with van der Waals surface area (Å²) in [4.78, 5) is -0.0554. The Kier molecular flexibility index (Phi) is 4.72. The van der Waals surface area contributed by atoms with Crippen molar-refractivity contribution in [3.05, 3.63) is 52.0 Å². The lowest BCUT2D eigenvalue weighted by atomic mass is 10.1. The molecule has 0 amide bonds. The molecule has 0 aromatic heterocycles. The summed E-state index contributed by atoms with van der Waals surface area (Å²) in [5, 5.41) is 9.89. The summed E-state index contributed by atoms with van der Waals surface area (Å²) < 4.78 is 49.8. The Morgan fingerprint density at radius 3 is 2.36 bits per heavy atom. The molecule has 1 aliphatic rings. The van der Waals surface area contributed by atoms with Crippen LogP contribution >= 0.6 is 15.9 Å². The zero-order valence-electron chi connectivity index (χ0n) is 13.4. The zero-order chi connectivity index (χ0) is 18.4. The molecule has 0 aliphatic heterocycles. The van der Waals surface area contributed by atoms with Gasteiger partial charge < -0.3 is 5.11 Å². The molecule has 1 saturated carbocycles. The van der Waals surface area contributed by atoms with E-state index in [1.165, 1.54) is 18.2 Å². The lowest BCUT2D eigenvalue weighted by molar-refractivity contribution is 0.458. The molecule has 0 spiro atoms. The second-order valence-electron chi connectivity index (χ2n) is 6.33. The lowest BCUT2D eigenvalue weighted by Crippen LogP contribution is -2.07. The molecule has 0 heterocycles. The van der Waals surface area contributed by atoms with E-state index in [1.54, 1.807) is 18.2 Å². The van der Waals surface area contributed by atoms with E-state index in [0.29, 0.717) is 16.0 Å². The molecule has 0 radical (unpaired) electrons. The summed E-state index contributed by atoms with van der Waals surface area (Å²) in [7, 11) is -7.27. The number of benzene rings is 2. The van der Waals surface area contributed by atoms with E-state index < -0.39 is 19.7 Å². The summed E-state index contributed by atoms with van der Waals surface area (Å²) in [6, 6.07) is 8.96. The molecule has 2 aromatic rings. The van der Waals surface area contributed by atoms with Gasteiger partial charge in [-0.2, -0.15) is 0 Å². The fourth-order valence-corrected chi connectivity index (χ4v) is 5.35. The molecule has 134 valence electrons. The van der Waals surface area contributed by atoms with E-state index in [2.05, 4.69) is 15.9 Å². The van der Waals surface area contributed by atoms with Crippen LogP contribution in [0.15, 0.2) is 50.7 Å². The third-order valence-corrected chi connectivity index (χ3v) is 7.37. The zero-order valence-corrected chi connectivity index (χ0v) is 16.7. The van der Waals surface area contributed by atoms with Crippen molar-refractivity contribution in [2.75, 3.05) is 6.26 Å². The Hall–Kier alpha value is -1.38. The third kappa shape index (κ3) is 4.24. The van der Waals surface area contributed by atoms with E-state index in [4.69, 9.17) is 0 Å². The van der Waals surface area contributed by atoms with Gasteiger partial charge >= 0.3 is 0 Å². The Morgan fingerprint density at radius 2 is 1.76 bits per heavy atom. The minimum atomic E-state index is -3.83. The highest BCUT2D eigenvalue weighted by atomic mass is 79.9. The van der Waals surface area contributed by atoms with Gasteiger partial charge in [-0.15, -0.1) is 0 Å². The maximum Gasteiger partial charge on any atom is 0.186 e. The van der Waals surface area contributed by atoms with E-state index >= 15 is 0 Å². The standard InChI is InChI=1S/C17H17BrO5S2/c1-24(20,21)15-7-11(6-13(8-15)12-2-3-12)10-25(22,23)17-9-14(18)4-5-16(17)19/h4-9,12,19H,2-3,10H2,1H3. The average Bonchev–Trinajstić information content (AvgIpc) is 3.32. The number of halogens is 1. The summed E-state index contributed by atoms with van der Waals surface area (Å²) in [6.07, 6.45) is 3.06. The normalized spacial score (nSPS) is 15.3. The molecule has 25 heavy (non-hydrogen) atoms. The Balaban J connectivity index is 2.04. The van der Waals surface area contributed by atoms with E-state index in [9.17, 15) is 21.9 Å². The Bertz CT molecular complexity index is 1040. The Labute approximate surface area is 155 Å². The molecule has 3 rings (SSSR count). The van der Waals surface area contributed by atoms with E-state index in [1.807, 2.05) is 0 Å². The molecule has 0 bridgehead atoms. The van der Waals surface area contributed by atoms with Crippen LogP contribution in [0.1, 0.15) is 29.9 Å². The summed E-state index contributed by atoms with van der Waals surface area (Å²) in [5.74, 6) is -0.410. The van der Waals surface area contributed by atoms with Crippen LogP contribution in [0.4, 0.5) is 0 Å². The topological polar surface area (TPSA) is 88.5 Å². The molecule has 1 N–H and O–H groups in total. The predicted molar refractivity (Wildman–Crippen MR) is 98.2 cm³/mol. The average molecular weight is 445 g/mol. The maximum absolute atomic E-state index is 12.7. The first kappa shape index (κ1) is 18.4. The molecular formula is C17H17BrO5S2. The van der Waals surface area contributed by atoms with Gasteiger partial charge in [-0.3, -0.25) is 0 Å². The van der Waals surface area contributed by atoms with Crippen LogP contribution < -0.4 is 0 Å². The van der Waals surface area contributed by atoms with Crippen molar-refractivity contribution < 1.29 is 21.9 Å². The second-order valence-corrected chi connectivity index (χ2v) is 11.2. The molecular weight excluding hydrogens is 428 g/mol. The summed E-state index contributed by atoms with van der Waals surface area (Å²) in [5.41, 5.74) is 1.26. The number of hydrogen-bond acceptors (Lipinski definition) is 5. The number of aromatic hydroxyl groups is 1. The fraction of sp³-hybridized carbons (Fsp3) is 0.294. The smallest absolute Gasteiger partial charge is 0.186 e. The van der Waals surface area contributed by atoms with Gasteiger partial charge in [0, 0.05) is 10.7 Å². The van der Waals surface area contributed by atoms with Crippen LogP contribution in [0.3, 0.4) is 0 Å². The van der Waals surface area contributed by atoms with Crippen LogP contribution in [0.25, 0.3) is 0 Å². The first-order valence-electron chi connectivity index (χ1n) is 7.61. The number of hydrogen-bond donors (Lipinski definition) is 1. The lowest BCUT2D eigenvalue weighted by Gasteiger charge is -2.11. The second kappa shape index (κ2) is 6.41. The van der Waals surface area contributed by atoms with Gasteiger partial charge in [-0.05, 0) is 60.2 Å². The van der Waals surface area contributed by atoms with Gasteiger partial charge in [0.25, 0.3) is 0 Å². The summed E-state index contributed by atoms with van der Waals surface area (Å²) >= 11 is 3.20. The van der Waals surface area contributed by atoms with Crippen LogP contribution in [0.2, 0.25) is 0 Å². The maximum atomic E-state index is 12.7. The van der Waals surface area contributed by atoms with Crippen molar-refractivity contribution in [1.82, 2.24) is 0 Å². The number of phenolic OH excluding ortho intramolecular Hbond substituents is 1. The van der Waals surface area contributed by atoms with Gasteiger partial charge in [-0.25, -0.2) is 16.8 Å². The first-order valence-corrected chi connectivity index (χ1v) is 11.9. The SMILES string of the molecule is CS(=O)(=O)c1cc(CS(=O)(=O)c2cc(Br)ccc2O)cc(C2CC2)c1. The highest BCUT2D eigenvalue weighted by Crippen LogP contribution is 2.41. The number of rotatable bonds is 5. The van der Waals surface area contributed by atoms with Crippen molar-refractivity contribution in [3.8, 4) is 5.75 Å². The van der Waals surface area contributed by atoms with Crippen LogP contribution in [-0.4, -0.2) is 28.2 Å². The molecule has 0 saturated heterocycles. The fourth-order valence-electron chi connectivity index (χ4n) is 2.67. The van der Waals surface area contributed by atoms with Crippen molar-refractivity contribution in [2.24, 2.45) is 0 Å². The minimum absolute atomic E-state index is 0.126. The molecule has 1 aliphatic carbocycles. The van der Waals surface area contributed by atoms with Gasteiger partial charge in [-0.1, -0.05) is 22.0 Å². The minimum Gasteiger partial charge on any atom is -0.507 e. The largest absolute Gasteiger partial charge is 0.507 e. The third-order valence-electron chi connectivity index (χ3n) is 4.08. The van der Waals surface area contributed by atoms with Crippen LogP contribution in [-0.2, 0) is 25.4 Å².